The third kappa shape index (κ3) is 4.36. The quantitative estimate of drug-likeness (QED) is 0.419. The molecule has 2 heterocycles. The van der Waals surface area contributed by atoms with E-state index >= 15 is 0 Å². The van der Waals surface area contributed by atoms with E-state index in [-0.39, 0.29) is 11.3 Å². The third-order valence-electron chi connectivity index (χ3n) is 4.83. The molecule has 4 aromatic rings. The Hall–Kier alpha value is -3.65. The number of aldehydes is 1. The molecule has 4 rings (SSSR count). The molecule has 0 aliphatic heterocycles. The normalized spacial score (nSPS) is 11.2. The number of benzene rings is 2. The van der Waals surface area contributed by atoms with Gasteiger partial charge in [0.05, 0.1) is 28.8 Å². The van der Waals surface area contributed by atoms with Crippen LogP contribution in [0, 0.1) is 11.3 Å². The summed E-state index contributed by atoms with van der Waals surface area (Å²) >= 11 is 1.26. The summed E-state index contributed by atoms with van der Waals surface area (Å²) in [5.74, 6) is 0. The number of sulfonamides is 1. The number of primary sulfonamides is 1. The van der Waals surface area contributed by atoms with Crippen LogP contribution < -0.4 is 5.14 Å². The number of rotatable bonds is 7. The largest absolute Gasteiger partial charge is 0.296 e. The van der Waals surface area contributed by atoms with Gasteiger partial charge in [-0.2, -0.15) is 10.4 Å². The molecular formula is C22H17N5O3S2. The standard InChI is InChI=1S/C22H17N5O3S2/c23-11-10-20-19(12-15-6-8-18(9-7-15)32(24,29)30)21(16-4-2-1-3-5-16)26-27(20)22-25-17(13-28)14-31-22/h1-9,13-14H,10,12H2,(H2,24,29,30). The molecule has 0 atom stereocenters. The Balaban J connectivity index is 1.87. The van der Waals surface area contributed by atoms with Crippen LogP contribution in [0.15, 0.2) is 64.9 Å². The molecule has 10 heteroatoms. The van der Waals surface area contributed by atoms with Crippen molar-refractivity contribution < 1.29 is 13.2 Å². The predicted molar refractivity (Wildman–Crippen MR) is 120 cm³/mol. The Labute approximate surface area is 188 Å². The van der Waals surface area contributed by atoms with Gasteiger partial charge in [-0.15, -0.1) is 11.3 Å². The first-order valence-electron chi connectivity index (χ1n) is 9.46. The van der Waals surface area contributed by atoms with Gasteiger partial charge in [-0.3, -0.25) is 4.79 Å². The first kappa shape index (κ1) is 21.6. The summed E-state index contributed by atoms with van der Waals surface area (Å²) in [5, 5.41) is 21.6. The van der Waals surface area contributed by atoms with E-state index < -0.39 is 10.0 Å². The maximum Gasteiger partial charge on any atom is 0.238 e. The van der Waals surface area contributed by atoms with Crippen LogP contribution in [0.4, 0.5) is 0 Å². The van der Waals surface area contributed by atoms with Crippen molar-refractivity contribution in [1.29, 1.82) is 5.26 Å². The number of hydrogen-bond acceptors (Lipinski definition) is 7. The number of carbonyl (C=O) groups excluding carboxylic acids is 1. The fourth-order valence-electron chi connectivity index (χ4n) is 3.34. The Morgan fingerprint density at radius 3 is 2.44 bits per heavy atom. The molecule has 0 radical (unpaired) electrons. The first-order valence-corrected chi connectivity index (χ1v) is 11.9. The third-order valence-corrected chi connectivity index (χ3v) is 6.59. The smallest absolute Gasteiger partial charge is 0.238 e. The summed E-state index contributed by atoms with van der Waals surface area (Å²) in [6, 6.07) is 18.0. The second-order valence-electron chi connectivity index (χ2n) is 6.93. The van der Waals surface area contributed by atoms with E-state index in [1.54, 1.807) is 22.2 Å². The van der Waals surface area contributed by atoms with Gasteiger partial charge < -0.3 is 0 Å². The van der Waals surface area contributed by atoms with Gasteiger partial charge in [0, 0.05) is 22.9 Å². The number of nitrogens with zero attached hydrogens (tertiary/aromatic N) is 4. The van der Waals surface area contributed by atoms with Crippen LogP contribution in [-0.2, 0) is 22.9 Å². The lowest BCUT2D eigenvalue weighted by Crippen LogP contribution is -2.11. The van der Waals surface area contributed by atoms with E-state index in [1.807, 2.05) is 30.3 Å². The van der Waals surface area contributed by atoms with Crippen molar-refractivity contribution in [2.75, 3.05) is 0 Å². The van der Waals surface area contributed by atoms with Crippen molar-refractivity contribution in [3.8, 4) is 22.5 Å². The lowest BCUT2D eigenvalue weighted by Gasteiger charge is -2.07. The van der Waals surface area contributed by atoms with Gasteiger partial charge in [0.25, 0.3) is 0 Å². The summed E-state index contributed by atoms with van der Waals surface area (Å²) < 4.78 is 24.7. The molecule has 32 heavy (non-hydrogen) atoms. The molecule has 0 amide bonds. The maximum absolute atomic E-state index is 11.6. The summed E-state index contributed by atoms with van der Waals surface area (Å²) in [5.41, 5.74) is 4.17. The molecule has 2 N–H and O–H groups in total. The molecule has 0 spiro atoms. The molecule has 2 aromatic carbocycles. The topological polar surface area (TPSA) is 132 Å². The van der Waals surface area contributed by atoms with E-state index in [4.69, 9.17) is 10.2 Å². The van der Waals surface area contributed by atoms with E-state index in [1.165, 1.54) is 23.5 Å². The Morgan fingerprint density at radius 1 is 1.12 bits per heavy atom. The van der Waals surface area contributed by atoms with Gasteiger partial charge in [0.1, 0.15) is 5.69 Å². The van der Waals surface area contributed by atoms with Gasteiger partial charge in [0.15, 0.2) is 6.29 Å². The SMILES string of the molecule is N#CCc1c(Cc2ccc(S(N)(=O)=O)cc2)c(-c2ccccc2)nn1-c1nc(C=O)cs1. The molecule has 0 unspecified atom stereocenters. The monoisotopic (exact) mass is 463 g/mol. The maximum atomic E-state index is 11.6. The van der Waals surface area contributed by atoms with E-state index in [0.717, 1.165) is 16.7 Å². The highest BCUT2D eigenvalue weighted by molar-refractivity contribution is 7.89. The number of hydrogen-bond donors (Lipinski definition) is 1. The molecule has 0 fully saturated rings. The van der Waals surface area contributed by atoms with E-state index in [9.17, 15) is 18.5 Å². The zero-order valence-electron chi connectivity index (χ0n) is 16.7. The highest BCUT2D eigenvalue weighted by Crippen LogP contribution is 2.31. The minimum Gasteiger partial charge on any atom is -0.296 e. The van der Waals surface area contributed by atoms with Gasteiger partial charge in [-0.05, 0) is 17.7 Å². The molecule has 0 saturated heterocycles. The van der Waals surface area contributed by atoms with E-state index in [2.05, 4.69) is 11.1 Å². The van der Waals surface area contributed by atoms with Gasteiger partial charge in [-0.1, -0.05) is 42.5 Å². The summed E-state index contributed by atoms with van der Waals surface area (Å²) in [7, 11) is -3.79. The van der Waals surface area contributed by atoms with Crippen molar-refractivity contribution in [1.82, 2.24) is 14.8 Å². The molecule has 8 nitrogen and oxygen atoms in total. The van der Waals surface area contributed by atoms with Crippen LogP contribution in [-0.4, -0.2) is 29.5 Å². The number of nitriles is 1. The molecule has 2 aromatic heterocycles. The van der Waals surface area contributed by atoms with Crippen LogP contribution in [0.1, 0.15) is 27.3 Å². The molecule has 0 aliphatic carbocycles. The molecule has 160 valence electrons. The van der Waals surface area contributed by atoms with Gasteiger partial charge >= 0.3 is 0 Å². The Bertz CT molecular complexity index is 1420. The first-order chi connectivity index (χ1) is 15.4. The second-order valence-corrected chi connectivity index (χ2v) is 9.32. The van der Waals surface area contributed by atoms with Crippen LogP contribution in [0.2, 0.25) is 0 Å². The fraction of sp³-hybridized carbons (Fsp3) is 0.0909. The number of carbonyl (C=O) groups is 1. The highest BCUT2D eigenvalue weighted by Gasteiger charge is 2.22. The van der Waals surface area contributed by atoms with Crippen molar-refractivity contribution in [2.24, 2.45) is 5.14 Å². The van der Waals surface area contributed by atoms with E-state index in [0.29, 0.717) is 34.9 Å². The van der Waals surface area contributed by atoms with Gasteiger partial charge in [-0.25, -0.2) is 23.2 Å². The van der Waals surface area contributed by atoms with Crippen LogP contribution in [0.5, 0.6) is 0 Å². The number of nitrogens with two attached hydrogens (primary N) is 1. The van der Waals surface area contributed by atoms with Crippen LogP contribution >= 0.6 is 11.3 Å². The summed E-state index contributed by atoms with van der Waals surface area (Å²) in [6.45, 7) is 0. The zero-order chi connectivity index (χ0) is 22.7. The van der Waals surface area contributed by atoms with Crippen molar-refractivity contribution in [3.05, 3.63) is 82.5 Å². The summed E-state index contributed by atoms with van der Waals surface area (Å²) in [6.07, 6.45) is 1.16. The molecule has 0 bridgehead atoms. The van der Waals surface area contributed by atoms with Crippen molar-refractivity contribution in [2.45, 2.75) is 17.7 Å². The molecular weight excluding hydrogens is 446 g/mol. The summed E-state index contributed by atoms with van der Waals surface area (Å²) in [4.78, 5) is 15.4. The van der Waals surface area contributed by atoms with Gasteiger partial charge in [0.2, 0.25) is 15.2 Å². The highest BCUT2D eigenvalue weighted by atomic mass is 32.2. The average molecular weight is 464 g/mol. The fourth-order valence-corrected chi connectivity index (χ4v) is 4.60. The van der Waals surface area contributed by atoms with Crippen molar-refractivity contribution in [3.63, 3.8) is 0 Å². The predicted octanol–water partition coefficient (Wildman–Crippen LogP) is 3.11. The zero-order valence-corrected chi connectivity index (χ0v) is 18.3. The molecule has 0 aliphatic rings. The lowest BCUT2D eigenvalue weighted by molar-refractivity contribution is 0.111. The van der Waals surface area contributed by atoms with Crippen molar-refractivity contribution >= 4 is 27.6 Å². The Kier molecular flexibility index (Phi) is 5.96. The second kappa shape index (κ2) is 8.84. The number of thiazole rings is 1. The Morgan fingerprint density at radius 2 is 1.84 bits per heavy atom. The van der Waals surface area contributed by atoms with Crippen LogP contribution in [0.25, 0.3) is 16.4 Å². The van der Waals surface area contributed by atoms with Crippen LogP contribution in [0.3, 0.4) is 0 Å². The number of aromatic nitrogens is 3. The minimum absolute atomic E-state index is 0.0293. The average Bonchev–Trinajstić information content (AvgIpc) is 3.40. The molecule has 0 saturated carbocycles. The minimum atomic E-state index is -3.79. The lowest BCUT2D eigenvalue weighted by atomic mass is 9.98.